The molecule has 1 aromatic carbocycles. The lowest BCUT2D eigenvalue weighted by atomic mass is 10.1. The highest BCUT2D eigenvalue weighted by molar-refractivity contribution is 7.21. The number of nitrogens with zero attached hydrogens (tertiary/aromatic N) is 1. The Kier molecular flexibility index (Phi) is 3.87. The molecule has 21 heavy (non-hydrogen) atoms. The van der Waals surface area contributed by atoms with Crippen LogP contribution < -0.4 is 11.1 Å². The van der Waals surface area contributed by atoms with Crippen molar-refractivity contribution in [3.05, 3.63) is 28.6 Å². The van der Waals surface area contributed by atoms with Gasteiger partial charge in [-0.25, -0.2) is 0 Å². The molecule has 0 spiro atoms. The molecule has 2 aromatic rings. The van der Waals surface area contributed by atoms with Crippen molar-refractivity contribution in [2.45, 2.75) is 25.8 Å². The number of benzene rings is 1. The number of nitrogens with one attached hydrogen (secondary N) is 1. The zero-order valence-electron chi connectivity index (χ0n) is 12.5. The molecule has 112 valence electrons. The van der Waals surface area contributed by atoms with Gasteiger partial charge in [0.05, 0.1) is 5.69 Å². The molecule has 0 atom stereocenters. The van der Waals surface area contributed by atoms with E-state index in [1.54, 1.807) is 0 Å². The number of hydrogen-bond acceptors (Lipinski definition) is 4. The molecule has 5 heteroatoms. The van der Waals surface area contributed by atoms with Crippen molar-refractivity contribution < 1.29 is 4.79 Å². The van der Waals surface area contributed by atoms with E-state index < -0.39 is 0 Å². The summed E-state index contributed by atoms with van der Waals surface area (Å²) < 4.78 is 1.12. The van der Waals surface area contributed by atoms with Crippen LogP contribution >= 0.6 is 11.3 Å². The second-order valence-corrected chi connectivity index (χ2v) is 6.71. The fraction of sp³-hybridized carbons (Fsp3) is 0.438. The van der Waals surface area contributed by atoms with Gasteiger partial charge >= 0.3 is 0 Å². The van der Waals surface area contributed by atoms with Gasteiger partial charge in [-0.3, -0.25) is 4.79 Å². The lowest BCUT2D eigenvalue weighted by molar-refractivity contribution is 0.0709. The monoisotopic (exact) mass is 303 g/mol. The first-order chi connectivity index (χ1) is 10.1. The Hall–Kier alpha value is -1.59. The van der Waals surface area contributed by atoms with Crippen LogP contribution in [0.1, 0.15) is 28.1 Å². The van der Waals surface area contributed by atoms with Crippen molar-refractivity contribution >= 4 is 33.0 Å². The average molecular weight is 303 g/mol. The lowest BCUT2D eigenvalue weighted by Crippen LogP contribution is -2.43. The number of thiophene rings is 1. The van der Waals surface area contributed by atoms with Crippen LogP contribution in [0.5, 0.6) is 0 Å². The van der Waals surface area contributed by atoms with Gasteiger partial charge in [0.15, 0.2) is 0 Å². The van der Waals surface area contributed by atoms with Gasteiger partial charge in [-0.15, -0.1) is 11.3 Å². The maximum atomic E-state index is 12.8. The minimum atomic E-state index is 0.0556. The molecule has 2 heterocycles. The number of nitrogen functional groups attached to an aromatic ring is 1. The number of aryl methyl sites for hydroxylation is 1. The molecule has 3 N–H and O–H groups in total. The Balaban J connectivity index is 1.94. The number of rotatable bonds is 2. The van der Waals surface area contributed by atoms with Crippen molar-refractivity contribution in [2.24, 2.45) is 0 Å². The molecule has 0 saturated carbocycles. The number of fused-ring (bicyclic) bond motifs is 1. The van der Waals surface area contributed by atoms with Crippen molar-refractivity contribution in [3.63, 3.8) is 0 Å². The highest BCUT2D eigenvalue weighted by atomic mass is 32.1. The Morgan fingerprint density at radius 2 is 2.10 bits per heavy atom. The first kappa shape index (κ1) is 14.4. The zero-order chi connectivity index (χ0) is 15.0. The normalized spacial score (nSPS) is 16.3. The number of amides is 1. The van der Waals surface area contributed by atoms with Crippen LogP contribution in [0.25, 0.3) is 10.1 Å². The van der Waals surface area contributed by atoms with Gasteiger partial charge in [0.1, 0.15) is 4.88 Å². The molecule has 1 aliphatic heterocycles. The molecule has 1 aliphatic rings. The highest BCUT2D eigenvalue weighted by Crippen LogP contribution is 2.36. The number of carbonyl (C=O) groups excluding carboxylic acids is 1. The van der Waals surface area contributed by atoms with Crippen LogP contribution in [-0.2, 0) is 0 Å². The number of anilines is 1. The minimum absolute atomic E-state index is 0.0556. The van der Waals surface area contributed by atoms with Gasteiger partial charge in [-0.05, 0) is 38.4 Å². The molecule has 0 radical (unpaired) electrons. The molecule has 1 aromatic heterocycles. The molecule has 0 unspecified atom stereocenters. The van der Waals surface area contributed by atoms with E-state index in [0.717, 1.165) is 36.0 Å². The van der Waals surface area contributed by atoms with Gasteiger partial charge in [-0.1, -0.05) is 18.2 Å². The van der Waals surface area contributed by atoms with Gasteiger partial charge in [0.25, 0.3) is 5.91 Å². The van der Waals surface area contributed by atoms with Crippen molar-refractivity contribution in [1.29, 1.82) is 0 Å². The zero-order valence-corrected chi connectivity index (χ0v) is 13.3. The standard InChI is InChI=1S/C16H21N3OS/c1-10-4-3-5-12-13(17)15(21-14(10)12)16(20)19(2)11-6-8-18-9-7-11/h3-5,11,18H,6-9,17H2,1-2H3. The molecule has 1 amide bonds. The van der Waals surface area contributed by atoms with E-state index in [4.69, 9.17) is 5.73 Å². The summed E-state index contributed by atoms with van der Waals surface area (Å²) in [5, 5.41) is 4.33. The maximum absolute atomic E-state index is 12.8. The van der Waals surface area contributed by atoms with Crippen molar-refractivity contribution in [1.82, 2.24) is 10.2 Å². The molecule has 1 fully saturated rings. The quantitative estimate of drug-likeness (QED) is 0.896. The van der Waals surface area contributed by atoms with Gasteiger partial charge in [-0.2, -0.15) is 0 Å². The maximum Gasteiger partial charge on any atom is 0.266 e. The van der Waals surface area contributed by atoms with E-state index in [9.17, 15) is 4.79 Å². The van der Waals surface area contributed by atoms with Crippen LogP contribution in [0.2, 0.25) is 0 Å². The Morgan fingerprint density at radius 1 is 1.38 bits per heavy atom. The lowest BCUT2D eigenvalue weighted by Gasteiger charge is -2.31. The summed E-state index contributed by atoms with van der Waals surface area (Å²) in [5.74, 6) is 0.0556. The second-order valence-electron chi connectivity index (χ2n) is 5.69. The Bertz CT molecular complexity index is 673. The second kappa shape index (κ2) is 5.66. The third-order valence-electron chi connectivity index (χ3n) is 4.32. The summed E-state index contributed by atoms with van der Waals surface area (Å²) in [6.45, 7) is 4.01. The number of nitrogens with two attached hydrogens (primary N) is 1. The molecule has 3 rings (SSSR count). The summed E-state index contributed by atoms with van der Waals surface area (Å²) in [6, 6.07) is 6.36. The van der Waals surface area contributed by atoms with Gasteiger partial charge in [0, 0.05) is 23.2 Å². The van der Waals surface area contributed by atoms with E-state index in [1.807, 2.05) is 24.1 Å². The van der Waals surface area contributed by atoms with E-state index in [-0.39, 0.29) is 5.91 Å². The van der Waals surface area contributed by atoms with Crippen LogP contribution in [-0.4, -0.2) is 37.0 Å². The van der Waals surface area contributed by atoms with E-state index in [2.05, 4.69) is 18.3 Å². The van der Waals surface area contributed by atoms with Crippen molar-refractivity contribution in [2.75, 3.05) is 25.9 Å². The summed E-state index contributed by atoms with van der Waals surface area (Å²) in [7, 11) is 1.90. The van der Waals surface area contributed by atoms with Gasteiger partial charge < -0.3 is 16.0 Å². The minimum Gasteiger partial charge on any atom is -0.397 e. The molecule has 0 bridgehead atoms. The summed E-state index contributed by atoms with van der Waals surface area (Å²) >= 11 is 1.52. The first-order valence-electron chi connectivity index (χ1n) is 7.35. The third-order valence-corrected chi connectivity index (χ3v) is 5.67. The topological polar surface area (TPSA) is 58.4 Å². The van der Waals surface area contributed by atoms with E-state index in [1.165, 1.54) is 16.9 Å². The molecule has 1 saturated heterocycles. The Morgan fingerprint density at radius 3 is 2.76 bits per heavy atom. The fourth-order valence-corrected chi connectivity index (χ4v) is 4.13. The smallest absolute Gasteiger partial charge is 0.266 e. The average Bonchev–Trinajstić information content (AvgIpc) is 2.85. The number of carbonyl (C=O) groups is 1. The fourth-order valence-electron chi connectivity index (χ4n) is 2.96. The third kappa shape index (κ3) is 2.51. The van der Waals surface area contributed by atoms with Crippen LogP contribution in [0.15, 0.2) is 18.2 Å². The SMILES string of the molecule is Cc1cccc2c(N)c(C(=O)N(C)C3CCNCC3)sc12. The molecule has 0 aliphatic carbocycles. The predicted octanol–water partition coefficient (Wildman–Crippen LogP) is 2.62. The van der Waals surface area contributed by atoms with Crippen LogP contribution in [0.3, 0.4) is 0 Å². The van der Waals surface area contributed by atoms with E-state index in [0.29, 0.717) is 16.6 Å². The summed E-state index contributed by atoms with van der Waals surface area (Å²) in [6.07, 6.45) is 2.01. The predicted molar refractivity (Wildman–Crippen MR) is 89.0 cm³/mol. The van der Waals surface area contributed by atoms with Gasteiger partial charge in [0.2, 0.25) is 0 Å². The molecule has 4 nitrogen and oxygen atoms in total. The molecular weight excluding hydrogens is 282 g/mol. The summed E-state index contributed by atoms with van der Waals surface area (Å²) in [5.41, 5.74) is 8.03. The molecular formula is C16H21N3OS. The first-order valence-corrected chi connectivity index (χ1v) is 8.16. The number of piperidine rings is 1. The number of hydrogen-bond donors (Lipinski definition) is 2. The van der Waals surface area contributed by atoms with Crippen LogP contribution in [0, 0.1) is 6.92 Å². The largest absolute Gasteiger partial charge is 0.397 e. The Labute approximate surface area is 128 Å². The van der Waals surface area contributed by atoms with E-state index >= 15 is 0 Å². The summed E-state index contributed by atoms with van der Waals surface area (Å²) in [4.78, 5) is 15.3. The van der Waals surface area contributed by atoms with Crippen molar-refractivity contribution in [3.8, 4) is 0 Å². The van der Waals surface area contributed by atoms with Crippen LogP contribution in [0.4, 0.5) is 5.69 Å². The highest BCUT2D eigenvalue weighted by Gasteiger charge is 2.26.